The fourth-order valence-corrected chi connectivity index (χ4v) is 5.32. The molecule has 0 amide bonds. The Morgan fingerprint density at radius 3 is 1.44 bits per heavy atom. The second-order valence-corrected chi connectivity index (χ2v) is 14.0. The van der Waals surface area contributed by atoms with Gasteiger partial charge in [-0.2, -0.15) is 0 Å². The van der Waals surface area contributed by atoms with Gasteiger partial charge in [0.25, 0.3) is 11.8 Å². The summed E-state index contributed by atoms with van der Waals surface area (Å²) >= 11 is 0. The molecule has 0 N–H and O–H groups in total. The Labute approximate surface area is 207 Å². The highest BCUT2D eigenvalue weighted by molar-refractivity contribution is 4.95. The van der Waals surface area contributed by atoms with E-state index in [4.69, 9.17) is 4.74 Å². The molecule has 34 heavy (non-hydrogen) atoms. The van der Waals surface area contributed by atoms with Crippen molar-refractivity contribution < 1.29 is 22.3 Å². The molecule has 0 spiro atoms. The molecule has 0 aromatic carbocycles. The fraction of sp³-hybridized carbons (Fsp3) is 1.00. The van der Waals surface area contributed by atoms with Gasteiger partial charge in [-0.3, -0.25) is 0 Å². The first-order valence-corrected chi connectivity index (χ1v) is 12.8. The minimum atomic E-state index is -2.64. The summed E-state index contributed by atoms with van der Waals surface area (Å²) in [7, 11) is 3.96. The number of hydrogen-bond donors (Lipinski definition) is 0. The number of nitrogens with zero attached hydrogens (tertiary/aromatic N) is 2. The van der Waals surface area contributed by atoms with Crippen molar-refractivity contribution >= 4 is 0 Å². The van der Waals surface area contributed by atoms with Crippen molar-refractivity contribution in [2.75, 3.05) is 53.5 Å². The first kappa shape index (κ1) is 31.6. The van der Waals surface area contributed by atoms with E-state index in [9.17, 15) is 17.6 Å². The zero-order valence-electron chi connectivity index (χ0n) is 23.7. The molecule has 3 unspecified atom stereocenters. The van der Waals surface area contributed by atoms with E-state index in [1.54, 1.807) is 11.9 Å². The number of alkyl halides is 4. The first-order chi connectivity index (χ1) is 15.1. The van der Waals surface area contributed by atoms with E-state index >= 15 is 0 Å². The van der Waals surface area contributed by atoms with Gasteiger partial charge in [-0.1, -0.05) is 62.3 Å². The highest BCUT2D eigenvalue weighted by Gasteiger charge is 2.51. The van der Waals surface area contributed by atoms with Crippen LogP contribution in [-0.2, 0) is 4.74 Å². The molecule has 3 atom stereocenters. The van der Waals surface area contributed by atoms with Crippen molar-refractivity contribution in [2.24, 2.45) is 34.0 Å². The average molecular weight is 497 g/mol. The van der Waals surface area contributed by atoms with E-state index in [2.05, 4.69) is 32.7 Å². The van der Waals surface area contributed by atoms with Gasteiger partial charge in [0.05, 0.1) is 6.54 Å². The Bertz CT molecular complexity index is 600. The molecular weight excluding hydrogens is 444 g/mol. The average Bonchev–Trinajstić information content (AvgIpc) is 3.16. The van der Waals surface area contributed by atoms with Gasteiger partial charge in [0.1, 0.15) is 6.61 Å². The molecule has 3 aliphatic rings. The third-order valence-corrected chi connectivity index (χ3v) is 7.55. The molecule has 3 heterocycles. The molecule has 7 heteroatoms. The van der Waals surface area contributed by atoms with Crippen LogP contribution in [0.15, 0.2) is 0 Å². The third kappa shape index (κ3) is 9.57. The Morgan fingerprint density at radius 2 is 1.21 bits per heavy atom. The lowest BCUT2D eigenvalue weighted by Gasteiger charge is -2.39. The molecule has 0 aliphatic carbocycles. The van der Waals surface area contributed by atoms with E-state index in [-0.39, 0.29) is 17.4 Å². The fourth-order valence-electron chi connectivity index (χ4n) is 5.32. The summed E-state index contributed by atoms with van der Waals surface area (Å²) in [6.45, 7) is 21.3. The molecule has 3 saturated heterocycles. The van der Waals surface area contributed by atoms with E-state index in [1.165, 1.54) is 19.5 Å². The first-order valence-electron chi connectivity index (χ1n) is 12.8. The second-order valence-electron chi connectivity index (χ2n) is 14.0. The summed E-state index contributed by atoms with van der Waals surface area (Å²) in [5.41, 5.74) is -0.105. The Hall–Kier alpha value is -0.400. The minimum absolute atomic E-state index is 0.0884. The predicted molar refractivity (Wildman–Crippen MR) is 134 cm³/mol. The van der Waals surface area contributed by atoms with Crippen molar-refractivity contribution in [2.45, 2.75) is 87.0 Å². The van der Waals surface area contributed by atoms with Gasteiger partial charge in [0, 0.05) is 31.5 Å². The van der Waals surface area contributed by atoms with Gasteiger partial charge in [-0.25, -0.2) is 17.6 Å². The van der Waals surface area contributed by atoms with Gasteiger partial charge >= 0.3 is 0 Å². The number of likely N-dealkylation sites (tertiary alicyclic amines) is 2. The van der Waals surface area contributed by atoms with Crippen molar-refractivity contribution in [3.8, 4) is 0 Å². The maximum Gasteiger partial charge on any atom is 0.274 e. The van der Waals surface area contributed by atoms with Crippen LogP contribution in [0.25, 0.3) is 0 Å². The lowest BCUT2D eigenvalue weighted by Crippen LogP contribution is -2.45. The Kier molecular flexibility index (Phi) is 10.5. The summed E-state index contributed by atoms with van der Waals surface area (Å²) < 4.78 is 57.9. The molecule has 3 nitrogen and oxygen atoms in total. The largest absolute Gasteiger partial charge is 0.375 e. The quantitative estimate of drug-likeness (QED) is 0.339. The van der Waals surface area contributed by atoms with E-state index in [0.29, 0.717) is 25.0 Å². The summed E-state index contributed by atoms with van der Waals surface area (Å²) in [5.74, 6) is -5.28. The van der Waals surface area contributed by atoms with Crippen molar-refractivity contribution in [3.63, 3.8) is 0 Å². The molecule has 3 fully saturated rings. The van der Waals surface area contributed by atoms with Crippen LogP contribution in [0, 0.1) is 34.0 Å². The highest BCUT2D eigenvalue weighted by atomic mass is 19.3. The topological polar surface area (TPSA) is 15.7 Å². The molecule has 0 aromatic rings. The Morgan fingerprint density at radius 1 is 0.676 bits per heavy atom. The van der Waals surface area contributed by atoms with Gasteiger partial charge in [0.2, 0.25) is 0 Å². The molecule has 3 rings (SSSR count). The monoisotopic (exact) mass is 496 g/mol. The van der Waals surface area contributed by atoms with Crippen LogP contribution >= 0.6 is 0 Å². The van der Waals surface area contributed by atoms with Gasteiger partial charge in [0.15, 0.2) is 0 Å². The van der Waals surface area contributed by atoms with E-state index in [1.807, 2.05) is 41.5 Å². The predicted octanol–water partition coefficient (Wildman–Crippen LogP) is 6.92. The van der Waals surface area contributed by atoms with Gasteiger partial charge in [-0.15, -0.1) is 0 Å². The highest BCUT2D eigenvalue weighted by Crippen LogP contribution is 2.44. The molecule has 0 aromatic heterocycles. The van der Waals surface area contributed by atoms with Crippen molar-refractivity contribution in [1.29, 1.82) is 0 Å². The molecule has 0 bridgehead atoms. The maximum absolute atomic E-state index is 13.3. The molecule has 204 valence electrons. The van der Waals surface area contributed by atoms with E-state index in [0.717, 1.165) is 5.92 Å². The molecule has 0 radical (unpaired) electrons. The molecule has 0 saturated carbocycles. The number of ether oxygens (including phenoxy) is 1. The summed E-state index contributed by atoms with van der Waals surface area (Å²) in [4.78, 5) is 4.13. The van der Waals surface area contributed by atoms with Crippen LogP contribution in [-0.4, -0.2) is 75.1 Å². The smallest absolute Gasteiger partial charge is 0.274 e. The number of hydrogen-bond acceptors (Lipinski definition) is 3. The lowest BCUT2D eigenvalue weighted by atomic mass is 9.74. The lowest BCUT2D eigenvalue weighted by molar-refractivity contribution is -0.181. The van der Waals surface area contributed by atoms with Crippen LogP contribution in [0.5, 0.6) is 0 Å². The number of halogens is 4. The van der Waals surface area contributed by atoms with Crippen LogP contribution in [0.1, 0.15) is 75.2 Å². The van der Waals surface area contributed by atoms with Crippen LogP contribution in [0.2, 0.25) is 0 Å². The molecule has 3 aliphatic heterocycles. The summed E-state index contributed by atoms with van der Waals surface area (Å²) in [6.07, 6.45) is 1.86. The van der Waals surface area contributed by atoms with Crippen molar-refractivity contribution in [1.82, 2.24) is 9.80 Å². The second kappa shape index (κ2) is 11.3. The summed E-state index contributed by atoms with van der Waals surface area (Å²) in [6, 6.07) is 0. The normalized spacial score (nSPS) is 30.3. The summed E-state index contributed by atoms with van der Waals surface area (Å²) in [5, 5.41) is 0. The zero-order chi connectivity index (χ0) is 26.8. The maximum atomic E-state index is 13.3. The van der Waals surface area contributed by atoms with Gasteiger partial charge < -0.3 is 14.5 Å². The van der Waals surface area contributed by atoms with Crippen LogP contribution < -0.4 is 0 Å². The van der Waals surface area contributed by atoms with Crippen LogP contribution in [0.3, 0.4) is 0 Å². The minimum Gasteiger partial charge on any atom is -0.375 e. The van der Waals surface area contributed by atoms with Gasteiger partial charge in [-0.05, 0) is 55.6 Å². The molecular formula is C27H52F4N2O. The SMILES string of the molecule is CC(C)(C)C1CCOCC1(F)F.CN1CC(C(C)(C)C)C(F)(F)C1.CN1CCC(C(C)(C)C)C1. The number of rotatable bonds is 0. The third-order valence-electron chi connectivity index (χ3n) is 7.55. The zero-order valence-corrected chi connectivity index (χ0v) is 23.7. The standard InChI is InChI=1S/C9H17F2N.C9H16F2O.C9H19N/c1-8(2,3)7-5-12(4)6-9(7,10)11;1-8(2,3)7-4-5-12-6-9(7,10)11;1-9(2,3)8-5-6-10(4)7-8/h7H,5-6H2,1-4H3;7H,4-6H2,1-3H3;8H,5-7H2,1-4H3. The van der Waals surface area contributed by atoms with Crippen molar-refractivity contribution in [3.05, 3.63) is 0 Å². The van der Waals surface area contributed by atoms with E-state index < -0.39 is 30.3 Å². The van der Waals surface area contributed by atoms with Crippen LogP contribution in [0.4, 0.5) is 17.6 Å². The Balaban J connectivity index is 0.000000256.